The summed E-state index contributed by atoms with van der Waals surface area (Å²) in [7, 11) is 0. The second-order valence-electron chi connectivity index (χ2n) is 4.73. The lowest BCUT2D eigenvalue weighted by atomic mass is 10.1. The van der Waals surface area contributed by atoms with Crippen molar-refractivity contribution >= 4 is 5.91 Å². The summed E-state index contributed by atoms with van der Waals surface area (Å²) in [5.74, 6) is 0.899. The van der Waals surface area contributed by atoms with Crippen molar-refractivity contribution in [1.29, 1.82) is 0 Å². The smallest absolute Gasteiger partial charge is 0.260 e. The van der Waals surface area contributed by atoms with E-state index in [2.05, 4.69) is 13.0 Å². The second-order valence-corrected chi connectivity index (χ2v) is 4.73. The molecule has 1 aromatic carbocycles. The van der Waals surface area contributed by atoms with Gasteiger partial charge < -0.3 is 9.64 Å². The molecule has 112 valence electrons. The molecule has 3 nitrogen and oxygen atoms in total. The first kappa shape index (κ1) is 16.5. The molecular formula is C17H27NO2. The third-order valence-electron chi connectivity index (χ3n) is 3.38. The van der Waals surface area contributed by atoms with Crippen LogP contribution in [0.25, 0.3) is 0 Å². The van der Waals surface area contributed by atoms with Gasteiger partial charge in [-0.3, -0.25) is 4.79 Å². The van der Waals surface area contributed by atoms with Gasteiger partial charge in [0.15, 0.2) is 6.61 Å². The van der Waals surface area contributed by atoms with Gasteiger partial charge in [-0.2, -0.15) is 0 Å². The highest BCUT2D eigenvalue weighted by Crippen LogP contribution is 2.14. The van der Waals surface area contributed by atoms with Crippen LogP contribution in [0.15, 0.2) is 24.3 Å². The molecule has 1 fully saturated rings. The number of carbonyl (C=O) groups is 1. The Balaban J connectivity index is 0.000000956. The molecule has 2 rings (SSSR count). The zero-order chi connectivity index (χ0) is 14.8. The highest BCUT2D eigenvalue weighted by molar-refractivity contribution is 5.77. The maximum Gasteiger partial charge on any atom is 0.260 e. The van der Waals surface area contributed by atoms with E-state index in [-0.39, 0.29) is 12.5 Å². The maximum atomic E-state index is 11.9. The first-order valence-corrected chi connectivity index (χ1v) is 7.79. The van der Waals surface area contributed by atoms with Gasteiger partial charge in [0.1, 0.15) is 5.75 Å². The molecule has 0 spiro atoms. The van der Waals surface area contributed by atoms with Gasteiger partial charge in [-0.05, 0) is 43.4 Å². The van der Waals surface area contributed by atoms with Crippen molar-refractivity contribution in [3.63, 3.8) is 0 Å². The van der Waals surface area contributed by atoms with E-state index in [9.17, 15) is 4.79 Å². The predicted octanol–water partition coefficient (Wildman–Crippen LogP) is 3.67. The zero-order valence-electron chi connectivity index (χ0n) is 13.0. The predicted molar refractivity (Wildman–Crippen MR) is 83.1 cm³/mol. The van der Waals surface area contributed by atoms with Crippen molar-refractivity contribution in [3.8, 4) is 5.75 Å². The third kappa shape index (κ3) is 5.24. The highest BCUT2D eigenvalue weighted by Gasteiger charge is 2.16. The van der Waals surface area contributed by atoms with Crippen LogP contribution < -0.4 is 4.74 Å². The molecule has 1 aliphatic heterocycles. The summed E-state index contributed by atoms with van der Waals surface area (Å²) in [6.45, 7) is 8.04. The normalized spacial score (nSPS) is 14.2. The number of aryl methyl sites for hydroxylation is 1. The number of nitrogens with zero attached hydrogens (tertiary/aromatic N) is 1. The van der Waals surface area contributed by atoms with Gasteiger partial charge in [0.25, 0.3) is 5.91 Å². The lowest BCUT2D eigenvalue weighted by Crippen LogP contribution is -2.38. The summed E-state index contributed by atoms with van der Waals surface area (Å²) in [5, 5.41) is 0. The average molecular weight is 277 g/mol. The fraction of sp³-hybridized carbons (Fsp3) is 0.588. The molecule has 1 saturated heterocycles. The number of hydrogen-bond acceptors (Lipinski definition) is 2. The fourth-order valence-corrected chi connectivity index (χ4v) is 2.23. The summed E-state index contributed by atoms with van der Waals surface area (Å²) in [6, 6.07) is 7.95. The summed E-state index contributed by atoms with van der Waals surface area (Å²) < 4.78 is 5.57. The molecule has 0 unspecified atom stereocenters. The van der Waals surface area contributed by atoms with Crippen molar-refractivity contribution < 1.29 is 9.53 Å². The van der Waals surface area contributed by atoms with Crippen molar-refractivity contribution in [2.45, 2.75) is 46.5 Å². The van der Waals surface area contributed by atoms with Crippen LogP contribution in [0.3, 0.4) is 0 Å². The van der Waals surface area contributed by atoms with Gasteiger partial charge >= 0.3 is 0 Å². The third-order valence-corrected chi connectivity index (χ3v) is 3.38. The molecule has 3 heteroatoms. The van der Waals surface area contributed by atoms with Crippen molar-refractivity contribution in [3.05, 3.63) is 29.8 Å². The van der Waals surface area contributed by atoms with Gasteiger partial charge in [-0.1, -0.05) is 32.9 Å². The van der Waals surface area contributed by atoms with Crippen LogP contribution in [0, 0.1) is 0 Å². The van der Waals surface area contributed by atoms with Crippen LogP contribution in [-0.4, -0.2) is 30.5 Å². The standard InChI is InChI=1S/C15H21NO2.C2H6/c1-2-13-7-6-8-14(11-13)18-12-15(17)16-9-4-3-5-10-16;1-2/h6-8,11H,2-5,9-10,12H2,1H3;1-2H3. The van der Waals surface area contributed by atoms with Crippen molar-refractivity contribution in [2.24, 2.45) is 0 Å². The minimum absolute atomic E-state index is 0.108. The summed E-state index contributed by atoms with van der Waals surface area (Å²) in [6.07, 6.45) is 4.47. The van der Waals surface area contributed by atoms with Crippen molar-refractivity contribution in [1.82, 2.24) is 4.90 Å². The molecule has 1 heterocycles. The Bertz CT molecular complexity index is 398. The molecule has 1 aliphatic rings. The lowest BCUT2D eigenvalue weighted by molar-refractivity contribution is -0.134. The Hall–Kier alpha value is -1.51. The first-order valence-electron chi connectivity index (χ1n) is 7.79. The molecule has 0 N–H and O–H groups in total. The maximum absolute atomic E-state index is 11.9. The summed E-state index contributed by atoms with van der Waals surface area (Å²) >= 11 is 0. The Morgan fingerprint density at radius 3 is 2.55 bits per heavy atom. The number of benzene rings is 1. The van der Waals surface area contributed by atoms with Gasteiger partial charge in [0, 0.05) is 13.1 Å². The number of amides is 1. The molecule has 0 saturated carbocycles. The van der Waals surface area contributed by atoms with E-state index in [0.717, 1.165) is 38.1 Å². The van der Waals surface area contributed by atoms with Gasteiger partial charge in [-0.15, -0.1) is 0 Å². The van der Waals surface area contributed by atoms with Crippen LogP contribution in [-0.2, 0) is 11.2 Å². The number of ether oxygens (including phenoxy) is 1. The molecular weight excluding hydrogens is 250 g/mol. The summed E-state index contributed by atoms with van der Waals surface area (Å²) in [4.78, 5) is 13.8. The van der Waals surface area contributed by atoms with E-state index in [1.807, 2.05) is 36.9 Å². The van der Waals surface area contributed by atoms with E-state index in [1.165, 1.54) is 12.0 Å². The topological polar surface area (TPSA) is 29.5 Å². The SMILES string of the molecule is CC.CCc1cccc(OCC(=O)N2CCCCC2)c1. The molecule has 0 atom stereocenters. The van der Waals surface area contributed by atoms with E-state index in [4.69, 9.17) is 4.74 Å². The lowest BCUT2D eigenvalue weighted by Gasteiger charge is -2.26. The highest BCUT2D eigenvalue weighted by atomic mass is 16.5. The van der Waals surface area contributed by atoms with Gasteiger partial charge in [0.2, 0.25) is 0 Å². The van der Waals surface area contributed by atoms with Crippen LogP contribution in [0.5, 0.6) is 5.75 Å². The Morgan fingerprint density at radius 2 is 1.90 bits per heavy atom. The van der Waals surface area contributed by atoms with E-state index in [1.54, 1.807) is 0 Å². The van der Waals surface area contributed by atoms with E-state index < -0.39 is 0 Å². The zero-order valence-corrected chi connectivity index (χ0v) is 13.0. The molecule has 1 aromatic rings. The van der Waals surface area contributed by atoms with E-state index in [0.29, 0.717) is 0 Å². The van der Waals surface area contributed by atoms with Crippen LogP contribution in [0.4, 0.5) is 0 Å². The number of carbonyl (C=O) groups excluding carboxylic acids is 1. The average Bonchev–Trinajstić information content (AvgIpc) is 2.55. The molecule has 20 heavy (non-hydrogen) atoms. The Labute approximate surface area is 122 Å². The number of rotatable bonds is 4. The summed E-state index contributed by atoms with van der Waals surface area (Å²) in [5.41, 5.74) is 1.23. The minimum atomic E-state index is 0.108. The largest absolute Gasteiger partial charge is 0.484 e. The van der Waals surface area contributed by atoms with Crippen molar-refractivity contribution in [2.75, 3.05) is 19.7 Å². The number of likely N-dealkylation sites (tertiary alicyclic amines) is 1. The molecule has 0 bridgehead atoms. The van der Waals surface area contributed by atoms with Gasteiger partial charge in [0.05, 0.1) is 0 Å². The molecule has 0 radical (unpaired) electrons. The number of piperidine rings is 1. The molecule has 0 aliphatic carbocycles. The minimum Gasteiger partial charge on any atom is -0.484 e. The van der Waals surface area contributed by atoms with Crippen LogP contribution >= 0.6 is 0 Å². The van der Waals surface area contributed by atoms with Crippen LogP contribution in [0.1, 0.15) is 45.6 Å². The monoisotopic (exact) mass is 277 g/mol. The van der Waals surface area contributed by atoms with Crippen LogP contribution in [0.2, 0.25) is 0 Å². The number of hydrogen-bond donors (Lipinski definition) is 0. The van der Waals surface area contributed by atoms with E-state index >= 15 is 0 Å². The Morgan fingerprint density at radius 1 is 1.20 bits per heavy atom. The second kappa shape index (κ2) is 9.40. The van der Waals surface area contributed by atoms with Gasteiger partial charge in [-0.25, -0.2) is 0 Å². The molecule has 0 aromatic heterocycles. The fourth-order valence-electron chi connectivity index (χ4n) is 2.23. The quantitative estimate of drug-likeness (QED) is 0.840. The molecule has 1 amide bonds. The Kier molecular flexibility index (Phi) is 7.78. The first-order chi connectivity index (χ1) is 9.79.